The number of nitrogens with one attached hydrogen (secondary N) is 2. The second-order valence-electron chi connectivity index (χ2n) is 7.37. The number of likely N-dealkylation sites (N-methyl/N-ethyl adjacent to an activating group) is 1. The zero-order valence-corrected chi connectivity index (χ0v) is 16.3. The summed E-state index contributed by atoms with van der Waals surface area (Å²) in [7, 11) is 2.14. The quantitative estimate of drug-likeness (QED) is 0.816. The number of hydrogen-bond donors (Lipinski definition) is 2. The highest BCUT2D eigenvalue weighted by Gasteiger charge is 2.14. The van der Waals surface area contributed by atoms with E-state index in [4.69, 9.17) is 0 Å². The SMILES string of the molecule is CC(C)CNc1ccc(C(=O)Nc2ccc(N3CCN(C)CC3)cc2)nn1. The van der Waals surface area contributed by atoms with Gasteiger partial charge in [0.2, 0.25) is 0 Å². The zero-order valence-electron chi connectivity index (χ0n) is 16.3. The van der Waals surface area contributed by atoms with Crippen LogP contribution in [-0.4, -0.2) is 60.8 Å². The first-order chi connectivity index (χ1) is 13.0. The van der Waals surface area contributed by atoms with E-state index in [1.54, 1.807) is 12.1 Å². The summed E-state index contributed by atoms with van der Waals surface area (Å²) in [5, 5.41) is 14.1. The molecule has 2 N–H and O–H groups in total. The van der Waals surface area contributed by atoms with Gasteiger partial charge in [-0.1, -0.05) is 13.8 Å². The predicted molar refractivity (Wildman–Crippen MR) is 109 cm³/mol. The molecule has 7 nitrogen and oxygen atoms in total. The van der Waals surface area contributed by atoms with Crippen molar-refractivity contribution in [2.75, 3.05) is 55.3 Å². The third-order valence-electron chi connectivity index (χ3n) is 4.58. The maximum Gasteiger partial charge on any atom is 0.276 e. The highest BCUT2D eigenvalue weighted by Crippen LogP contribution is 2.19. The number of piperazine rings is 1. The molecule has 0 saturated carbocycles. The summed E-state index contributed by atoms with van der Waals surface area (Å²) in [4.78, 5) is 17.1. The molecule has 3 rings (SSSR count). The summed E-state index contributed by atoms with van der Waals surface area (Å²) in [6.07, 6.45) is 0. The Balaban J connectivity index is 1.56. The van der Waals surface area contributed by atoms with Crippen molar-refractivity contribution in [3.63, 3.8) is 0 Å². The van der Waals surface area contributed by atoms with Gasteiger partial charge in [-0.2, -0.15) is 0 Å². The fourth-order valence-corrected chi connectivity index (χ4v) is 2.87. The van der Waals surface area contributed by atoms with E-state index < -0.39 is 0 Å². The van der Waals surface area contributed by atoms with Crippen LogP contribution in [0, 0.1) is 5.92 Å². The summed E-state index contributed by atoms with van der Waals surface area (Å²) in [5.41, 5.74) is 2.23. The molecule has 0 radical (unpaired) electrons. The lowest BCUT2D eigenvalue weighted by Crippen LogP contribution is -2.44. The Kier molecular flexibility index (Phi) is 6.24. The average Bonchev–Trinajstić information content (AvgIpc) is 2.68. The number of amides is 1. The molecule has 1 fully saturated rings. The van der Waals surface area contributed by atoms with Crippen LogP contribution in [0.5, 0.6) is 0 Å². The number of rotatable bonds is 6. The Morgan fingerprint density at radius 1 is 1.04 bits per heavy atom. The van der Waals surface area contributed by atoms with E-state index >= 15 is 0 Å². The molecule has 7 heteroatoms. The van der Waals surface area contributed by atoms with Crippen LogP contribution in [-0.2, 0) is 0 Å². The highest BCUT2D eigenvalue weighted by atomic mass is 16.1. The molecule has 27 heavy (non-hydrogen) atoms. The van der Waals surface area contributed by atoms with Gasteiger partial charge < -0.3 is 20.4 Å². The van der Waals surface area contributed by atoms with Crippen LogP contribution in [0.4, 0.5) is 17.2 Å². The smallest absolute Gasteiger partial charge is 0.276 e. The van der Waals surface area contributed by atoms with Crippen molar-refractivity contribution in [3.05, 3.63) is 42.1 Å². The molecule has 1 aromatic heterocycles. The molecule has 0 aliphatic carbocycles. The van der Waals surface area contributed by atoms with Crippen molar-refractivity contribution in [1.29, 1.82) is 0 Å². The van der Waals surface area contributed by atoms with Gasteiger partial charge >= 0.3 is 0 Å². The fourth-order valence-electron chi connectivity index (χ4n) is 2.87. The number of hydrogen-bond acceptors (Lipinski definition) is 6. The Hall–Kier alpha value is -2.67. The van der Waals surface area contributed by atoms with Gasteiger partial charge in [0, 0.05) is 44.1 Å². The topological polar surface area (TPSA) is 73.4 Å². The zero-order chi connectivity index (χ0) is 19.2. The molecule has 0 unspecified atom stereocenters. The fraction of sp³-hybridized carbons (Fsp3) is 0.450. The van der Waals surface area contributed by atoms with Crippen LogP contribution in [0.2, 0.25) is 0 Å². The largest absolute Gasteiger partial charge is 0.369 e. The van der Waals surface area contributed by atoms with Crippen molar-refractivity contribution in [3.8, 4) is 0 Å². The second kappa shape index (κ2) is 8.81. The predicted octanol–water partition coefficient (Wildman–Crippen LogP) is 2.55. The van der Waals surface area contributed by atoms with E-state index in [1.807, 2.05) is 24.3 Å². The lowest BCUT2D eigenvalue weighted by molar-refractivity contribution is 0.102. The number of nitrogens with zero attached hydrogens (tertiary/aromatic N) is 4. The first-order valence-electron chi connectivity index (χ1n) is 9.44. The lowest BCUT2D eigenvalue weighted by Gasteiger charge is -2.34. The maximum absolute atomic E-state index is 12.4. The summed E-state index contributed by atoms with van der Waals surface area (Å²) in [5.74, 6) is 0.936. The van der Waals surface area contributed by atoms with E-state index in [1.165, 1.54) is 5.69 Å². The highest BCUT2D eigenvalue weighted by molar-refractivity contribution is 6.02. The van der Waals surface area contributed by atoms with Crippen LogP contribution >= 0.6 is 0 Å². The van der Waals surface area contributed by atoms with Crippen molar-refractivity contribution < 1.29 is 4.79 Å². The lowest BCUT2D eigenvalue weighted by atomic mass is 10.2. The summed E-state index contributed by atoms with van der Waals surface area (Å²) in [6, 6.07) is 11.4. The molecule has 0 atom stereocenters. The standard InChI is InChI=1S/C20H28N6O/c1-15(2)14-21-19-9-8-18(23-24-19)20(27)22-16-4-6-17(7-5-16)26-12-10-25(3)11-13-26/h4-9,15H,10-14H2,1-3H3,(H,21,24)(H,22,27). The van der Waals surface area contributed by atoms with E-state index in [9.17, 15) is 4.79 Å². The second-order valence-corrected chi connectivity index (χ2v) is 7.37. The molecule has 1 aliphatic rings. The normalized spacial score (nSPS) is 15.0. The molecule has 2 aromatic rings. The van der Waals surface area contributed by atoms with Gasteiger partial charge in [-0.3, -0.25) is 4.79 Å². The third-order valence-corrected chi connectivity index (χ3v) is 4.58. The molecule has 1 aromatic carbocycles. The Bertz CT molecular complexity index is 736. The summed E-state index contributed by atoms with van der Waals surface area (Å²) >= 11 is 0. The minimum absolute atomic E-state index is 0.259. The summed E-state index contributed by atoms with van der Waals surface area (Å²) in [6.45, 7) is 9.25. The van der Waals surface area contributed by atoms with Crippen molar-refractivity contribution in [2.45, 2.75) is 13.8 Å². The molecular formula is C20H28N6O. The van der Waals surface area contributed by atoms with E-state index in [2.05, 4.69) is 51.5 Å². The first kappa shape index (κ1) is 19.1. The number of anilines is 3. The molecule has 2 heterocycles. The average molecular weight is 368 g/mol. The molecule has 0 bridgehead atoms. The van der Waals surface area contributed by atoms with Gasteiger partial charge in [-0.15, -0.1) is 10.2 Å². The van der Waals surface area contributed by atoms with Gasteiger partial charge in [-0.05, 0) is 49.4 Å². The van der Waals surface area contributed by atoms with Gasteiger partial charge in [-0.25, -0.2) is 0 Å². The number of benzene rings is 1. The summed E-state index contributed by atoms with van der Waals surface area (Å²) < 4.78 is 0. The van der Waals surface area contributed by atoms with Crippen LogP contribution in [0.25, 0.3) is 0 Å². The Morgan fingerprint density at radius 2 is 1.74 bits per heavy atom. The van der Waals surface area contributed by atoms with E-state index in [0.29, 0.717) is 17.4 Å². The molecule has 1 amide bonds. The Labute approximate surface area is 160 Å². The van der Waals surface area contributed by atoms with Crippen LogP contribution < -0.4 is 15.5 Å². The first-order valence-corrected chi connectivity index (χ1v) is 9.44. The molecule has 1 saturated heterocycles. The van der Waals surface area contributed by atoms with E-state index in [0.717, 1.165) is 38.4 Å². The van der Waals surface area contributed by atoms with Crippen LogP contribution in [0.3, 0.4) is 0 Å². The van der Waals surface area contributed by atoms with Gasteiger partial charge in [0.1, 0.15) is 5.82 Å². The van der Waals surface area contributed by atoms with Gasteiger partial charge in [0.15, 0.2) is 5.69 Å². The maximum atomic E-state index is 12.4. The van der Waals surface area contributed by atoms with Crippen LogP contribution in [0.1, 0.15) is 24.3 Å². The van der Waals surface area contributed by atoms with Crippen molar-refractivity contribution in [1.82, 2.24) is 15.1 Å². The molecular weight excluding hydrogens is 340 g/mol. The number of carbonyl (C=O) groups is 1. The van der Waals surface area contributed by atoms with Gasteiger partial charge in [0.25, 0.3) is 5.91 Å². The van der Waals surface area contributed by atoms with Crippen molar-refractivity contribution >= 4 is 23.1 Å². The molecule has 1 aliphatic heterocycles. The third kappa shape index (κ3) is 5.40. The Morgan fingerprint density at radius 3 is 2.33 bits per heavy atom. The monoisotopic (exact) mass is 368 g/mol. The van der Waals surface area contributed by atoms with Crippen LogP contribution in [0.15, 0.2) is 36.4 Å². The number of aromatic nitrogens is 2. The molecule has 0 spiro atoms. The number of carbonyl (C=O) groups excluding carboxylic acids is 1. The minimum Gasteiger partial charge on any atom is -0.369 e. The van der Waals surface area contributed by atoms with Crippen molar-refractivity contribution in [2.24, 2.45) is 5.92 Å². The minimum atomic E-state index is -0.259. The molecule has 144 valence electrons. The van der Waals surface area contributed by atoms with E-state index in [-0.39, 0.29) is 5.91 Å². The van der Waals surface area contributed by atoms with Gasteiger partial charge in [0.05, 0.1) is 0 Å².